The number of H-pyrrole nitrogens is 1. The Morgan fingerprint density at radius 1 is 1.19 bits per heavy atom. The summed E-state index contributed by atoms with van der Waals surface area (Å²) in [6, 6.07) is 5.83. The maximum atomic E-state index is 4.50. The van der Waals surface area contributed by atoms with Crippen molar-refractivity contribution in [3.8, 4) is 0 Å². The molecule has 0 radical (unpaired) electrons. The molecule has 7 nitrogen and oxygen atoms in total. The molecule has 0 aliphatic heterocycles. The van der Waals surface area contributed by atoms with Gasteiger partial charge in [-0.2, -0.15) is 15.1 Å². The highest BCUT2D eigenvalue weighted by molar-refractivity contribution is 5.86. The van der Waals surface area contributed by atoms with Crippen molar-refractivity contribution in [2.45, 2.75) is 19.9 Å². The standard InChI is InChI=1S/C14H17N7/c1-2-6-16-14-19-12(11-9-18-21-13(11)20-14)17-8-10-5-3-4-7-15-10/h3-5,7,9H,2,6,8H2,1H3,(H3,16,17,18,19,20,21). The van der Waals surface area contributed by atoms with Crippen LogP contribution in [-0.4, -0.2) is 31.7 Å². The summed E-state index contributed by atoms with van der Waals surface area (Å²) in [7, 11) is 0. The molecule has 0 aliphatic rings. The zero-order valence-corrected chi connectivity index (χ0v) is 11.8. The minimum atomic E-state index is 0.595. The highest BCUT2D eigenvalue weighted by atomic mass is 15.2. The molecule has 3 rings (SSSR count). The van der Waals surface area contributed by atoms with Crippen LogP contribution in [0.15, 0.2) is 30.6 Å². The van der Waals surface area contributed by atoms with Gasteiger partial charge in [-0.1, -0.05) is 13.0 Å². The van der Waals surface area contributed by atoms with Crippen LogP contribution in [0.25, 0.3) is 11.0 Å². The Kier molecular flexibility index (Phi) is 3.90. The van der Waals surface area contributed by atoms with Crippen molar-refractivity contribution in [1.29, 1.82) is 0 Å². The summed E-state index contributed by atoms with van der Waals surface area (Å²) in [6.45, 7) is 3.53. The van der Waals surface area contributed by atoms with Gasteiger partial charge in [0, 0.05) is 12.7 Å². The van der Waals surface area contributed by atoms with E-state index in [-0.39, 0.29) is 0 Å². The fourth-order valence-electron chi connectivity index (χ4n) is 1.96. The molecule has 0 atom stereocenters. The smallest absolute Gasteiger partial charge is 0.226 e. The van der Waals surface area contributed by atoms with E-state index in [2.05, 4.69) is 42.7 Å². The Hall–Kier alpha value is -2.70. The lowest BCUT2D eigenvalue weighted by Crippen LogP contribution is -2.08. The highest BCUT2D eigenvalue weighted by Crippen LogP contribution is 2.20. The molecule has 3 heterocycles. The minimum Gasteiger partial charge on any atom is -0.364 e. The Balaban J connectivity index is 1.83. The van der Waals surface area contributed by atoms with Gasteiger partial charge in [-0.25, -0.2) is 0 Å². The number of nitrogens with zero attached hydrogens (tertiary/aromatic N) is 4. The first kappa shape index (κ1) is 13.3. The van der Waals surface area contributed by atoms with Crippen molar-refractivity contribution in [2.75, 3.05) is 17.2 Å². The second-order valence-electron chi connectivity index (χ2n) is 4.63. The van der Waals surface area contributed by atoms with E-state index in [1.807, 2.05) is 18.2 Å². The summed E-state index contributed by atoms with van der Waals surface area (Å²) in [5.41, 5.74) is 1.67. The lowest BCUT2D eigenvalue weighted by atomic mass is 10.3. The molecule has 108 valence electrons. The lowest BCUT2D eigenvalue weighted by Gasteiger charge is -2.09. The predicted molar refractivity (Wildman–Crippen MR) is 82.0 cm³/mol. The van der Waals surface area contributed by atoms with Crippen LogP contribution in [-0.2, 0) is 6.54 Å². The molecule has 0 unspecified atom stereocenters. The third-order valence-corrected chi connectivity index (χ3v) is 3.01. The molecule has 0 spiro atoms. The summed E-state index contributed by atoms with van der Waals surface area (Å²) in [4.78, 5) is 13.2. The van der Waals surface area contributed by atoms with Gasteiger partial charge in [0.1, 0.15) is 5.82 Å². The van der Waals surface area contributed by atoms with E-state index < -0.39 is 0 Å². The predicted octanol–water partition coefficient (Wildman–Crippen LogP) is 2.18. The zero-order chi connectivity index (χ0) is 14.5. The first-order valence-electron chi connectivity index (χ1n) is 6.95. The number of aromatic amines is 1. The molecule has 0 bridgehead atoms. The third kappa shape index (κ3) is 3.07. The van der Waals surface area contributed by atoms with Gasteiger partial charge >= 0.3 is 0 Å². The van der Waals surface area contributed by atoms with E-state index >= 15 is 0 Å². The number of anilines is 2. The van der Waals surface area contributed by atoms with Crippen LogP contribution in [0.2, 0.25) is 0 Å². The molecular formula is C14H17N7. The van der Waals surface area contributed by atoms with Gasteiger partial charge < -0.3 is 10.6 Å². The minimum absolute atomic E-state index is 0.595. The average molecular weight is 283 g/mol. The van der Waals surface area contributed by atoms with Gasteiger partial charge in [-0.15, -0.1) is 0 Å². The quantitative estimate of drug-likeness (QED) is 0.642. The molecule has 7 heteroatoms. The molecule has 21 heavy (non-hydrogen) atoms. The summed E-state index contributed by atoms with van der Waals surface area (Å²) < 4.78 is 0. The van der Waals surface area contributed by atoms with Crippen LogP contribution in [0.5, 0.6) is 0 Å². The molecule has 3 N–H and O–H groups in total. The van der Waals surface area contributed by atoms with Gasteiger partial charge in [0.2, 0.25) is 5.95 Å². The summed E-state index contributed by atoms with van der Waals surface area (Å²) >= 11 is 0. The monoisotopic (exact) mass is 283 g/mol. The first-order chi connectivity index (χ1) is 10.4. The number of hydrogen-bond donors (Lipinski definition) is 3. The second kappa shape index (κ2) is 6.17. The number of fused-ring (bicyclic) bond motifs is 1. The fraction of sp³-hybridized carbons (Fsp3) is 0.286. The van der Waals surface area contributed by atoms with Crippen LogP contribution in [0, 0.1) is 0 Å². The SMILES string of the molecule is CCCNc1nc(NCc2ccccn2)c2cn[nH]c2n1. The number of nitrogens with one attached hydrogen (secondary N) is 3. The summed E-state index contributed by atoms with van der Waals surface area (Å²) in [5, 5.41) is 14.3. The van der Waals surface area contributed by atoms with Crippen molar-refractivity contribution >= 4 is 22.8 Å². The highest BCUT2D eigenvalue weighted by Gasteiger charge is 2.09. The number of hydrogen-bond acceptors (Lipinski definition) is 6. The molecule has 0 amide bonds. The normalized spacial score (nSPS) is 10.7. The third-order valence-electron chi connectivity index (χ3n) is 3.01. The van der Waals surface area contributed by atoms with Crippen LogP contribution in [0.1, 0.15) is 19.0 Å². The molecule has 0 aliphatic carbocycles. The average Bonchev–Trinajstić information content (AvgIpc) is 3.00. The largest absolute Gasteiger partial charge is 0.364 e. The number of aromatic nitrogens is 5. The van der Waals surface area contributed by atoms with E-state index in [0.717, 1.165) is 29.9 Å². The molecule has 0 saturated heterocycles. The van der Waals surface area contributed by atoms with Gasteiger partial charge in [0.25, 0.3) is 0 Å². The van der Waals surface area contributed by atoms with Crippen molar-refractivity contribution in [3.05, 3.63) is 36.3 Å². The van der Waals surface area contributed by atoms with E-state index in [1.165, 1.54) is 0 Å². The van der Waals surface area contributed by atoms with E-state index in [4.69, 9.17) is 0 Å². The van der Waals surface area contributed by atoms with E-state index in [1.54, 1.807) is 12.4 Å². The summed E-state index contributed by atoms with van der Waals surface area (Å²) in [5.74, 6) is 1.34. The molecular weight excluding hydrogens is 266 g/mol. The van der Waals surface area contributed by atoms with Gasteiger partial charge in [0.05, 0.1) is 23.8 Å². The second-order valence-corrected chi connectivity index (χ2v) is 4.63. The number of rotatable bonds is 6. The van der Waals surface area contributed by atoms with Crippen LogP contribution in [0.4, 0.5) is 11.8 Å². The van der Waals surface area contributed by atoms with Crippen LogP contribution < -0.4 is 10.6 Å². The Bertz CT molecular complexity index is 708. The van der Waals surface area contributed by atoms with Crippen LogP contribution in [0.3, 0.4) is 0 Å². The molecule has 3 aromatic heterocycles. The topological polar surface area (TPSA) is 91.4 Å². The molecule has 0 aromatic carbocycles. The maximum absolute atomic E-state index is 4.50. The van der Waals surface area contributed by atoms with Crippen molar-refractivity contribution in [1.82, 2.24) is 25.1 Å². The van der Waals surface area contributed by atoms with Crippen molar-refractivity contribution in [2.24, 2.45) is 0 Å². The number of pyridine rings is 1. The van der Waals surface area contributed by atoms with Gasteiger partial charge in [-0.3, -0.25) is 10.1 Å². The van der Waals surface area contributed by atoms with E-state index in [0.29, 0.717) is 18.1 Å². The van der Waals surface area contributed by atoms with Gasteiger partial charge in [0.15, 0.2) is 5.65 Å². The fourth-order valence-corrected chi connectivity index (χ4v) is 1.96. The summed E-state index contributed by atoms with van der Waals surface area (Å²) in [6.07, 6.45) is 4.51. The Morgan fingerprint density at radius 2 is 2.14 bits per heavy atom. The zero-order valence-electron chi connectivity index (χ0n) is 11.8. The van der Waals surface area contributed by atoms with Gasteiger partial charge in [-0.05, 0) is 18.6 Å². The van der Waals surface area contributed by atoms with Crippen molar-refractivity contribution < 1.29 is 0 Å². The lowest BCUT2D eigenvalue weighted by molar-refractivity contribution is 0.951. The van der Waals surface area contributed by atoms with E-state index in [9.17, 15) is 0 Å². The van der Waals surface area contributed by atoms with Crippen LogP contribution >= 0.6 is 0 Å². The molecule has 0 saturated carbocycles. The maximum Gasteiger partial charge on any atom is 0.226 e. The molecule has 0 fully saturated rings. The first-order valence-corrected chi connectivity index (χ1v) is 6.95. The Labute approximate surface area is 122 Å². The van der Waals surface area contributed by atoms with Crippen molar-refractivity contribution in [3.63, 3.8) is 0 Å². The molecule has 3 aromatic rings. The Morgan fingerprint density at radius 3 is 2.95 bits per heavy atom.